The second kappa shape index (κ2) is 5.88. The minimum absolute atomic E-state index is 0.0768. The number of hydrogen-bond donors (Lipinski definition) is 1. The summed E-state index contributed by atoms with van der Waals surface area (Å²) in [5, 5.41) is 17.1. The molecule has 0 saturated carbocycles. The normalized spacial score (nSPS) is 10.8. The summed E-state index contributed by atoms with van der Waals surface area (Å²) in [6.07, 6.45) is 0. The van der Waals surface area contributed by atoms with Crippen LogP contribution in [0, 0.1) is 15.9 Å². The highest BCUT2D eigenvalue weighted by molar-refractivity contribution is 6.03. The number of rotatable bonds is 4. The lowest BCUT2D eigenvalue weighted by Crippen LogP contribution is -2.17. The van der Waals surface area contributed by atoms with E-state index >= 15 is 0 Å². The Balaban J connectivity index is 2.24. The summed E-state index contributed by atoms with van der Waals surface area (Å²) >= 11 is 0. The van der Waals surface area contributed by atoms with E-state index in [0.717, 1.165) is 12.1 Å². The number of anilines is 1. The highest BCUT2D eigenvalue weighted by atomic mass is 19.1. The molecule has 0 bridgehead atoms. The van der Waals surface area contributed by atoms with Crippen molar-refractivity contribution in [2.24, 2.45) is 7.05 Å². The zero-order valence-electron chi connectivity index (χ0n) is 12.2. The Labute approximate surface area is 125 Å². The van der Waals surface area contributed by atoms with Gasteiger partial charge in [0, 0.05) is 19.0 Å². The number of carbonyl (C=O) groups is 1. The zero-order valence-corrected chi connectivity index (χ0v) is 12.2. The molecule has 9 heteroatoms. The summed E-state index contributed by atoms with van der Waals surface area (Å²) in [5.41, 5.74) is -0.727. The molecule has 0 aliphatic carbocycles. The van der Waals surface area contributed by atoms with Gasteiger partial charge in [0.2, 0.25) is 5.95 Å². The van der Waals surface area contributed by atoms with E-state index in [-0.39, 0.29) is 17.4 Å². The second-order valence-corrected chi connectivity index (χ2v) is 4.95. The molecule has 1 amide bonds. The van der Waals surface area contributed by atoms with Gasteiger partial charge in [-0.15, -0.1) is 0 Å². The van der Waals surface area contributed by atoms with Gasteiger partial charge in [-0.1, -0.05) is 13.8 Å². The fraction of sp³-hybridized carbons (Fsp3) is 0.308. The van der Waals surface area contributed by atoms with Gasteiger partial charge in [-0.05, 0) is 6.07 Å². The Morgan fingerprint density at radius 3 is 2.64 bits per heavy atom. The fourth-order valence-corrected chi connectivity index (χ4v) is 1.73. The number of amides is 1. The van der Waals surface area contributed by atoms with E-state index in [1.54, 1.807) is 7.05 Å². The molecule has 0 aliphatic heterocycles. The fourth-order valence-electron chi connectivity index (χ4n) is 1.73. The van der Waals surface area contributed by atoms with E-state index in [0.29, 0.717) is 11.9 Å². The molecule has 116 valence electrons. The predicted molar refractivity (Wildman–Crippen MR) is 76.1 cm³/mol. The van der Waals surface area contributed by atoms with Crippen LogP contribution in [0.4, 0.5) is 16.0 Å². The van der Waals surface area contributed by atoms with Crippen LogP contribution >= 0.6 is 0 Å². The first-order valence-electron chi connectivity index (χ1n) is 6.45. The number of nitro benzene ring substituents is 1. The molecular formula is C13H14FN5O3. The summed E-state index contributed by atoms with van der Waals surface area (Å²) < 4.78 is 15.2. The Kier molecular flexibility index (Phi) is 4.15. The molecule has 2 aromatic rings. The highest BCUT2D eigenvalue weighted by Gasteiger charge is 2.19. The van der Waals surface area contributed by atoms with Crippen LogP contribution in [0.2, 0.25) is 0 Å². The smallest absolute Gasteiger partial charge is 0.272 e. The van der Waals surface area contributed by atoms with Crippen molar-refractivity contribution in [3.05, 3.63) is 45.5 Å². The van der Waals surface area contributed by atoms with Gasteiger partial charge in [-0.25, -0.2) is 9.07 Å². The second-order valence-electron chi connectivity index (χ2n) is 4.95. The number of aryl methyl sites for hydroxylation is 1. The standard InChI is InChI=1S/C13H14FN5O3/c1-7(2)11-15-13(18(3)17-11)16-12(20)9-5-4-8(19(21)22)6-10(9)14/h4-7H,1-3H3,(H,15,16,17,20). The monoisotopic (exact) mass is 307 g/mol. The maximum absolute atomic E-state index is 13.8. The first-order valence-corrected chi connectivity index (χ1v) is 6.45. The van der Waals surface area contributed by atoms with Crippen LogP contribution in [0.5, 0.6) is 0 Å². The number of nitro groups is 1. The van der Waals surface area contributed by atoms with E-state index in [2.05, 4.69) is 15.4 Å². The van der Waals surface area contributed by atoms with Crippen LogP contribution in [0.25, 0.3) is 0 Å². The lowest BCUT2D eigenvalue weighted by molar-refractivity contribution is -0.385. The van der Waals surface area contributed by atoms with E-state index in [1.165, 1.54) is 4.68 Å². The van der Waals surface area contributed by atoms with Crippen molar-refractivity contribution in [3.63, 3.8) is 0 Å². The third-order valence-corrected chi connectivity index (χ3v) is 2.93. The van der Waals surface area contributed by atoms with Crippen molar-refractivity contribution < 1.29 is 14.1 Å². The molecule has 0 fully saturated rings. The van der Waals surface area contributed by atoms with Crippen LogP contribution < -0.4 is 5.32 Å². The Bertz CT molecular complexity index is 741. The highest BCUT2D eigenvalue weighted by Crippen LogP contribution is 2.18. The van der Waals surface area contributed by atoms with Crippen molar-refractivity contribution in [1.82, 2.24) is 14.8 Å². The van der Waals surface area contributed by atoms with Crippen molar-refractivity contribution >= 4 is 17.5 Å². The summed E-state index contributed by atoms with van der Waals surface area (Å²) in [5.74, 6) is -0.933. The number of halogens is 1. The molecule has 0 saturated heterocycles. The zero-order chi connectivity index (χ0) is 16.4. The van der Waals surface area contributed by atoms with E-state index in [9.17, 15) is 19.3 Å². The maximum atomic E-state index is 13.8. The molecule has 0 radical (unpaired) electrons. The third-order valence-electron chi connectivity index (χ3n) is 2.93. The average molecular weight is 307 g/mol. The van der Waals surface area contributed by atoms with E-state index in [4.69, 9.17) is 0 Å². The largest absolute Gasteiger partial charge is 0.291 e. The summed E-state index contributed by atoms with van der Waals surface area (Å²) in [6.45, 7) is 3.80. The number of non-ortho nitro benzene ring substituents is 1. The van der Waals surface area contributed by atoms with Gasteiger partial charge in [-0.2, -0.15) is 10.1 Å². The SMILES string of the molecule is CC(C)c1nc(NC(=O)c2ccc([N+](=O)[O-])cc2F)n(C)n1. The van der Waals surface area contributed by atoms with Gasteiger partial charge in [-0.3, -0.25) is 20.2 Å². The Morgan fingerprint density at radius 1 is 1.45 bits per heavy atom. The van der Waals surface area contributed by atoms with Gasteiger partial charge in [0.1, 0.15) is 5.82 Å². The van der Waals surface area contributed by atoms with Crippen LogP contribution in [-0.4, -0.2) is 25.6 Å². The van der Waals surface area contributed by atoms with Crippen LogP contribution in [0.3, 0.4) is 0 Å². The van der Waals surface area contributed by atoms with Crippen molar-refractivity contribution in [2.75, 3.05) is 5.32 Å². The van der Waals surface area contributed by atoms with Crippen LogP contribution in [0.1, 0.15) is 35.9 Å². The molecule has 0 unspecified atom stereocenters. The van der Waals surface area contributed by atoms with E-state index in [1.807, 2.05) is 13.8 Å². The predicted octanol–water partition coefficient (Wildman–Crippen LogP) is 2.24. The van der Waals surface area contributed by atoms with Gasteiger partial charge in [0.25, 0.3) is 11.6 Å². The molecule has 0 spiro atoms. The third kappa shape index (κ3) is 3.08. The summed E-state index contributed by atoms with van der Waals surface area (Å²) in [4.78, 5) is 26.0. The van der Waals surface area contributed by atoms with Gasteiger partial charge in [0.15, 0.2) is 5.82 Å². The van der Waals surface area contributed by atoms with Gasteiger partial charge < -0.3 is 0 Å². The Morgan fingerprint density at radius 2 is 2.14 bits per heavy atom. The molecule has 2 rings (SSSR count). The van der Waals surface area contributed by atoms with Crippen molar-refractivity contribution in [1.29, 1.82) is 0 Å². The topological polar surface area (TPSA) is 103 Å². The molecule has 22 heavy (non-hydrogen) atoms. The quantitative estimate of drug-likeness (QED) is 0.689. The summed E-state index contributed by atoms with van der Waals surface area (Å²) in [7, 11) is 1.60. The number of hydrogen-bond acceptors (Lipinski definition) is 5. The van der Waals surface area contributed by atoms with Crippen LogP contribution in [0.15, 0.2) is 18.2 Å². The van der Waals surface area contributed by atoms with Gasteiger partial charge in [0.05, 0.1) is 16.6 Å². The number of aromatic nitrogens is 3. The molecule has 1 aromatic heterocycles. The number of benzene rings is 1. The summed E-state index contributed by atoms with van der Waals surface area (Å²) in [6, 6.07) is 2.82. The average Bonchev–Trinajstić information content (AvgIpc) is 2.80. The molecule has 1 heterocycles. The maximum Gasteiger partial charge on any atom is 0.272 e. The molecule has 0 atom stereocenters. The molecule has 8 nitrogen and oxygen atoms in total. The lowest BCUT2D eigenvalue weighted by Gasteiger charge is -2.04. The molecule has 1 N–H and O–H groups in total. The number of carbonyl (C=O) groups excluding carboxylic acids is 1. The first kappa shape index (κ1) is 15.5. The minimum Gasteiger partial charge on any atom is -0.291 e. The number of nitrogens with one attached hydrogen (secondary N) is 1. The minimum atomic E-state index is -0.974. The van der Waals surface area contributed by atoms with Crippen molar-refractivity contribution in [2.45, 2.75) is 19.8 Å². The van der Waals surface area contributed by atoms with Crippen molar-refractivity contribution in [3.8, 4) is 0 Å². The van der Waals surface area contributed by atoms with Gasteiger partial charge >= 0.3 is 0 Å². The lowest BCUT2D eigenvalue weighted by atomic mass is 10.2. The molecular weight excluding hydrogens is 293 g/mol. The molecule has 0 aliphatic rings. The first-order chi connectivity index (χ1) is 10.3. The van der Waals surface area contributed by atoms with E-state index < -0.39 is 22.3 Å². The number of nitrogens with zero attached hydrogens (tertiary/aromatic N) is 4. The van der Waals surface area contributed by atoms with Crippen LogP contribution in [-0.2, 0) is 7.05 Å². The molecule has 1 aromatic carbocycles. The Hall–Kier alpha value is -2.84.